The summed E-state index contributed by atoms with van der Waals surface area (Å²) in [6, 6.07) is 3.16. The van der Waals surface area contributed by atoms with Gasteiger partial charge in [0.05, 0.1) is 30.0 Å². The summed E-state index contributed by atoms with van der Waals surface area (Å²) in [6.07, 6.45) is 0.271. The summed E-state index contributed by atoms with van der Waals surface area (Å²) >= 11 is 0. The van der Waals surface area contributed by atoms with Crippen molar-refractivity contribution in [2.45, 2.75) is 25.9 Å². The van der Waals surface area contributed by atoms with E-state index in [-0.39, 0.29) is 35.2 Å². The summed E-state index contributed by atoms with van der Waals surface area (Å²) in [6.45, 7) is 7.10. The monoisotopic (exact) mass is 323 g/mol. The van der Waals surface area contributed by atoms with Crippen LogP contribution in [0.2, 0.25) is 0 Å². The molecule has 0 unspecified atom stereocenters. The molecule has 0 amide bonds. The first kappa shape index (κ1) is 16.6. The van der Waals surface area contributed by atoms with Crippen LogP contribution in [0.25, 0.3) is 0 Å². The molecule has 0 aliphatic carbocycles. The molecule has 1 aliphatic heterocycles. The van der Waals surface area contributed by atoms with Crippen LogP contribution in [0.1, 0.15) is 25.5 Å². The fraction of sp³-hybridized carbons (Fsp3) is 0.400. The molecule has 0 fully saturated rings. The van der Waals surface area contributed by atoms with Gasteiger partial charge in [0.1, 0.15) is 17.8 Å². The second kappa shape index (κ2) is 6.99. The SMILES string of the molecule is C=C(C(=O)OCC)[C@H]1O[N+]([O-])=C(C(=O)OCC)[C@H]1c1ccco1. The number of nitrogens with zero attached hydrogens (tertiary/aromatic N) is 1. The first-order valence-electron chi connectivity index (χ1n) is 7.08. The minimum Gasteiger partial charge on any atom is -0.468 e. The van der Waals surface area contributed by atoms with E-state index >= 15 is 0 Å². The molecule has 1 aromatic rings. The van der Waals surface area contributed by atoms with E-state index in [1.165, 1.54) is 6.26 Å². The average Bonchev–Trinajstić information content (AvgIpc) is 3.13. The van der Waals surface area contributed by atoms with Crippen molar-refractivity contribution < 1.29 is 33.2 Å². The number of rotatable bonds is 6. The molecule has 2 rings (SSSR count). The van der Waals surface area contributed by atoms with Crippen LogP contribution in [0.15, 0.2) is 35.0 Å². The first-order chi connectivity index (χ1) is 11.0. The van der Waals surface area contributed by atoms with Crippen molar-refractivity contribution in [3.8, 4) is 0 Å². The average molecular weight is 323 g/mol. The summed E-state index contributed by atoms with van der Waals surface area (Å²) in [7, 11) is 0. The molecular weight excluding hydrogens is 306 g/mol. The lowest BCUT2D eigenvalue weighted by Gasteiger charge is -2.18. The topological polar surface area (TPSA) is 101 Å². The van der Waals surface area contributed by atoms with Crippen LogP contribution in [0.5, 0.6) is 0 Å². The van der Waals surface area contributed by atoms with Gasteiger partial charge >= 0.3 is 17.7 Å². The lowest BCUT2D eigenvalue weighted by Crippen LogP contribution is -2.31. The Morgan fingerprint density at radius 1 is 1.35 bits per heavy atom. The van der Waals surface area contributed by atoms with Crippen molar-refractivity contribution in [1.82, 2.24) is 0 Å². The Bertz CT molecular complexity index is 632. The van der Waals surface area contributed by atoms with Gasteiger partial charge in [0.25, 0.3) is 0 Å². The zero-order valence-corrected chi connectivity index (χ0v) is 12.8. The summed E-state index contributed by atoms with van der Waals surface area (Å²) in [5.41, 5.74) is -0.398. The van der Waals surface area contributed by atoms with Crippen molar-refractivity contribution in [3.05, 3.63) is 41.5 Å². The first-order valence-corrected chi connectivity index (χ1v) is 7.08. The van der Waals surface area contributed by atoms with E-state index < -0.39 is 24.0 Å². The van der Waals surface area contributed by atoms with E-state index in [0.717, 1.165) is 0 Å². The number of hydrogen-bond donors (Lipinski definition) is 0. The Kier molecular flexibility index (Phi) is 5.05. The molecule has 124 valence electrons. The molecule has 23 heavy (non-hydrogen) atoms. The molecular formula is C15H17NO7. The van der Waals surface area contributed by atoms with Crippen LogP contribution in [-0.2, 0) is 23.9 Å². The Morgan fingerprint density at radius 2 is 2.04 bits per heavy atom. The molecule has 0 saturated heterocycles. The lowest BCUT2D eigenvalue weighted by atomic mass is 9.90. The molecule has 2 atom stereocenters. The van der Waals surface area contributed by atoms with Crippen molar-refractivity contribution >= 4 is 17.7 Å². The third-order valence-electron chi connectivity index (χ3n) is 3.22. The molecule has 8 heteroatoms. The molecule has 1 aliphatic rings. The van der Waals surface area contributed by atoms with Gasteiger partial charge in [-0.2, -0.15) is 0 Å². The quantitative estimate of drug-likeness (QED) is 0.442. The molecule has 0 saturated carbocycles. The Hall–Kier alpha value is -2.77. The number of furan rings is 1. The number of esters is 2. The van der Waals surface area contributed by atoms with Crippen LogP contribution in [0, 0.1) is 5.21 Å². The zero-order valence-electron chi connectivity index (χ0n) is 12.8. The zero-order chi connectivity index (χ0) is 17.0. The molecule has 0 radical (unpaired) electrons. The molecule has 0 spiro atoms. The van der Waals surface area contributed by atoms with E-state index in [9.17, 15) is 14.8 Å². The fourth-order valence-electron chi connectivity index (χ4n) is 2.24. The summed E-state index contributed by atoms with van der Waals surface area (Å²) < 4.78 is 15.0. The van der Waals surface area contributed by atoms with Crippen molar-refractivity contribution in [2.24, 2.45) is 0 Å². The van der Waals surface area contributed by atoms with Gasteiger partial charge < -0.3 is 18.7 Å². The highest BCUT2D eigenvalue weighted by Gasteiger charge is 2.50. The van der Waals surface area contributed by atoms with Gasteiger partial charge in [-0.05, 0) is 26.0 Å². The highest BCUT2D eigenvalue weighted by molar-refractivity contribution is 6.37. The maximum absolute atomic E-state index is 12.1. The van der Waals surface area contributed by atoms with Gasteiger partial charge in [-0.15, -0.1) is 0 Å². The third kappa shape index (κ3) is 3.20. The fourth-order valence-corrected chi connectivity index (χ4v) is 2.24. The molecule has 8 nitrogen and oxygen atoms in total. The largest absolute Gasteiger partial charge is 0.468 e. The van der Waals surface area contributed by atoms with Gasteiger partial charge in [0.2, 0.25) is 0 Å². The Balaban J connectivity index is 2.37. The summed E-state index contributed by atoms with van der Waals surface area (Å²) in [5.74, 6) is -2.23. The molecule has 0 bridgehead atoms. The number of hydrogen-bond acceptors (Lipinski definition) is 7. The second-order valence-corrected chi connectivity index (χ2v) is 4.63. The molecule has 1 aromatic heterocycles. The van der Waals surface area contributed by atoms with Crippen LogP contribution in [-0.4, -0.2) is 41.9 Å². The lowest BCUT2D eigenvalue weighted by molar-refractivity contribution is -0.737. The Labute approximate surface area is 132 Å². The predicted molar refractivity (Wildman–Crippen MR) is 77.4 cm³/mol. The van der Waals surface area contributed by atoms with Crippen molar-refractivity contribution in [2.75, 3.05) is 13.2 Å². The number of carbonyl (C=O) groups excluding carboxylic acids is 2. The van der Waals surface area contributed by atoms with Crippen LogP contribution >= 0.6 is 0 Å². The van der Waals surface area contributed by atoms with E-state index in [4.69, 9.17) is 18.7 Å². The predicted octanol–water partition coefficient (Wildman–Crippen LogP) is 1.31. The molecule has 2 heterocycles. The molecule has 0 N–H and O–H groups in total. The van der Waals surface area contributed by atoms with Gasteiger partial charge in [0.15, 0.2) is 0 Å². The number of carbonyl (C=O) groups is 2. The number of ether oxygens (including phenoxy) is 2. The normalized spacial score (nSPS) is 20.1. The molecule has 0 aromatic carbocycles. The third-order valence-corrected chi connectivity index (χ3v) is 3.22. The minimum atomic E-state index is -1.11. The van der Waals surface area contributed by atoms with E-state index in [0.29, 0.717) is 0 Å². The maximum Gasteiger partial charge on any atom is 0.406 e. The van der Waals surface area contributed by atoms with Crippen molar-refractivity contribution in [3.63, 3.8) is 0 Å². The standard InChI is InChI=1S/C15H17NO7/c1-4-20-14(17)9(3)13-11(10-7-6-8-22-10)12(16(19)23-13)15(18)21-5-2/h6-8,11,13H,3-5H2,1-2H3/t11-,13-/m1/s1. The summed E-state index contributed by atoms with van der Waals surface area (Å²) in [5, 5.41) is 12.0. The maximum atomic E-state index is 12.1. The highest BCUT2D eigenvalue weighted by Crippen LogP contribution is 2.33. The van der Waals surface area contributed by atoms with Gasteiger partial charge in [-0.25, -0.2) is 9.59 Å². The van der Waals surface area contributed by atoms with Crippen molar-refractivity contribution in [1.29, 1.82) is 0 Å². The van der Waals surface area contributed by atoms with Gasteiger partial charge in [-0.1, -0.05) is 6.58 Å². The highest BCUT2D eigenvalue weighted by atomic mass is 16.9. The smallest absolute Gasteiger partial charge is 0.406 e. The van der Waals surface area contributed by atoms with E-state index in [1.807, 2.05) is 0 Å². The van der Waals surface area contributed by atoms with Crippen LogP contribution in [0.4, 0.5) is 0 Å². The van der Waals surface area contributed by atoms with Crippen LogP contribution in [0.3, 0.4) is 0 Å². The van der Waals surface area contributed by atoms with E-state index in [2.05, 4.69) is 6.58 Å². The van der Waals surface area contributed by atoms with Gasteiger partial charge in [0, 0.05) is 0 Å². The second-order valence-electron chi connectivity index (χ2n) is 4.63. The van der Waals surface area contributed by atoms with E-state index in [1.54, 1.807) is 26.0 Å². The minimum absolute atomic E-state index is 0.0419. The Morgan fingerprint density at radius 3 is 2.61 bits per heavy atom. The summed E-state index contributed by atoms with van der Waals surface area (Å²) in [4.78, 5) is 29.1. The van der Waals surface area contributed by atoms with Gasteiger partial charge in [-0.3, -0.25) is 5.21 Å². The van der Waals surface area contributed by atoms with Crippen LogP contribution < -0.4 is 0 Å².